The number of fused-ring (bicyclic) bond motifs is 5. The predicted molar refractivity (Wildman–Crippen MR) is 245 cm³/mol. The quantitative estimate of drug-likeness (QED) is 0.158. The number of hydrogen-bond acceptors (Lipinski definition) is 1. The fraction of sp³-hybridized carbons (Fsp3) is 0.107. The first-order valence-corrected chi connectivity index (χ1v) is 20.0. The molecular weight excluding hydrogens is 687 g/mol. The van der Waals surface area contributed by atoms with E-state index in [4.69, 9.17) is 0 Å². The van der Waals surface area contributed by atoms with E-state index in [0.717, 1.165) is 28.2 Å². The standard InChI is InChI=1S/C56H45N/c1-7-36-23-32-44(33-37(36)8-2)57(42-28-24-39(25-29-42)38-15-10-9-11-16-38)43-30-26-40(27-31-43)45-19-14-22-50-54(45)48-35-51-47(34-52(48)56(50,5)6)46-20-12-17-41-18-13-21-49(53(41)46)55(51,3)4/h7-35H,1-2H2,3-6H3. The third-order valence-corrected chi connectivity index (χ3v) is 12.8. The van der Waals surface area contributed by atoms with Gasteiger partial charge in [0, 0.05) is 27.9 Å². The van der Waals surface area contributed by atoms with Gasteiger partial charge in [-0.3, -0.25) is 0 Å². The highest BCUT2D eigenvalue weighted by Gasteiger charge is 2.41. The van der Waals surface area contributed by atoms with E-state index in [1.165, 1.54) is 77.5 Å². The Labute approximate surface area is 336 Å². The first-order chi connectivity index (χ1) is 27.7. The lowest BCUT2D eigenvalue weighted by Gasteiger charge is -2.36. The lowest BCUT2D eigenvalue weighted by atomic mass is 9.67. The molecule has 0 saturated heterocycles. The van der Waals surface area contributed by atoms with Crippen LogP contribution in [0.25, 0.3) is 67.4 Å². The molecule has 0 amide bonds. The Morgan fingerprint density at radius 1 is 0.404 bits per heavy atom. The second kappa shape index (κ2) is 12.9. The molecule has 10 rings (SSSR count). The van der Waals surface area contributed by atoms with Crippen molar-refractivity contribution in [2.45, 2.75) is 38.5 Å². The van der Waals surface area contributed by atoms with Gasteiger partial charge in [0.1, 0.15) is 0 Å². The highest BCUT2D eigenvalue weighted by atomic mass is 15.1. The van der Waals surface area contributed by atoms with Crippen LogP contribution >= 0.6 is 0 Å². The Morgan fingerprint density at radius 3 is 1.65 bits per heavy atom. The van der Waals surface area contributed by atoms with E-state index >= 15 is 0 Å². The summed E-state index contributed by atoms with van der Waals surface area (Å²) in [5, 5.41) is 2.71. The minimum atomic E-state index is -0.145. The smallest absolute Gasteiger partial charge is 0.0467 e. The van der Waals surface area contributed by atoms with Gasteiger partial charge in [0.25, 0.3) is 0 Å². The van der Waals surface area contributed by atoms with E-state index in [9.17, 15) is 0 Å². The van der Waals surface area contributed by atoms with Gasteiger partial charge in [-0.2, -0.15) is 0 Å². The van der Waals surface area contributed by atoms with E-state index in [1.807, 2.05) is 12.2 Å². The highest BCUT2D eigenvalue weighted by molar-refractivity contribution is 6.05. The number of benzene rings is 8. The fourth-order valence-electron chi connectivity index (χ4n) is 9.78. The van der Waals surface area contributed by atoms with E-state index in [1.54, 1.807) is 0 Å². The molecule has 0 fully saturated rings. The minimum Gasteiger partial charge on any atom is -0.310 e. The van der Waals surface area contributed by atoms with Gasteiger partial charge >= 0.3 is 0 Å². The Hall–Kier alpha value is -6.70. The molecule has 0 bridgehead atoms. The lowest BCUT2D eigenvalue weighted by Crippen LogP contribution is -2.24. The summed E-state index contributed by atoms with van der Waals surface area (Å²) in [5.41, 5.74) is 21.0. The van der Waals surface area contributed by atoms with E-state index in [0.29, 0.717) is 0 Å². The van der Waals surface area contributed by atoms with Crippen molar-refractivity contribution in [1.29, 1.82) is 0 Å². The van der Waals surface area contributed by atoms with Gasteiger partial charge in [-0.05, 0) is 137 Å². The molecule has 2 aliphatic carbocycles. The zero-order valence-corrected chi connectivity index (χ0v) is 33.1. The summed E-state index contributed by atoms with van der Waals surface area (Å²) in [6.45, 7) is 17.8. The van der Waals surface area contributed by atoms with Crippen LogP contribution in [0.3, 0.4) is 0 Å². The summed E-state index contributed by atoms with van der Waals surface area (Å²) in [6.07, 6.45) is 3.80. The number of rotatable bonds is 7. The van der Waals surface area contributed by atoms with Crippen molar-refractivity contribution in [3.8, 4) is 44.5 Å². The van der Waals surface area contributed by atoms with Crippen LogP contribution in [0.1, 0.15) is 61.1 Å². The van der Waals surface area contributed by atoms with Crippen molar-refractivity contribution in [1.82, 2.24) is 0 Å². The Morgan fingerprint density at radius 2 is 0.947 bits per heavy atom. The molecule has 274 valence electrons. The molecule has 1 heteroatoms. The predicted octanol–water partition coefficient (Wildman–Crippen LogP) is 15.5. The molecule has 0 saturated carbocycles. The molecule has 2 aliphatic rings. The maximum atomic E-state index is 4.11. The number of nitrogens with zero attached hydrogens (tertiary/aromatic N) is 1. The normalized spacial score (nSPS) is 14.0. The summed E-state index contributed by atoms with van der Waals surface area (Å²) < 4.78 is 0. The average Bonchev–Trinajstić information content (AvgIpc) is 3.48. The number of hydrogen-bond donors (Lipinski definition) is 0. The summed E-state index contributed by atoms with van der Waals surface area (Å²) in [7, 11) is 0. The second-order valence-electron chi connectivity index (χ2n) is 16.6. The Balaban J connectivity index is 1.09. The van der Waals surface area contributed by atoms with Crippen LogP contribution in [0, 0.1) is 0 Å². The highest BCUT2D eigenvalue weighted by Crippen LogP contribution is 2.57. The van der Waals surface area contributed by atoms with Crippen LogP contribution in [-0.4, -0.2) is 0 Å². The molecule has 0 aliphatic heterocycles. The molecular formula is C56H45N. The van der Waals surface area contributed by atoms with Crippen LogP contribution in [0.4, 0.5) is 17.1 Å². The third-order valence-electron chi connectivity index (χ3n) is 12.8. The first-order valence-electron chi connectivity index (χ1n) is 20.0. The van der Waals surface area contributed by atoms with Crippen LogP contribution in [-0.2, 0) is 10.8 Å². The summed E-state index contributed by atoms with van der Waals surface area (Å²) in [4.78, 5) is 2.33. The monoisotopic (exact) mass is 731 g/mol. The molecule has 0 atom stereocenters. The van der Waals surface area contributed by atoms with E-state index < -0.39 is 0 Å². The molecule has 0 radical (unpaired) electrons. The van der Waals surface area contributed by atoms with Gasteiger partial charge in [0.15, 0.2) is 0 Å². The lowest BCUT2D eigenvalue weighted by molar-refractivity contribution is 0.639. The fourth-order valence-corrected chi connectivity index (χ4v) is 9.78. The molecule has 0 N–H and O–H groups in total. The zero-order valence-electron chi connectivity index (χ0n) is 33.1. The second-order valence-corrected chi connectivity index (χ2v) is 16.6. The summed E-state index contributed by atoms with van der Waals surface area (Å²) >= 11 is 0. The zero-order chi connectivity index (χ0) is 39.1. The van der Waals surface area contributed by atoms with Crippen LogP contribution in [0.15, 0.2) is 177 Å². The van der Waals surface area contributed by atoms with Crippen molar-refractivity contribution in [2.75, 3.05) is 4.90 Å². The van der Waals surface area contributed by atoms with Crippen LogP contribution < -0.4 is 4.90 Å². The Bertz CT molecular complexity index is 2900. The van der Waals surface area contributed by atoms with E-state index in [-0.39, 0.29) is 10.8 Å². The van der Waals surface area contributed by atoms with Gasteiger partial charge in [0.05, 0.1) is 0 Å². The Kier molecular flexibility index (Phi) is 7.89. The molecule has 0 spiro atoms. The maximum Gasteiger partial charge on any atom is 0.0467 e. The topological polar surface area (TPSA) is 3.24 Å². The first kappa shape index (κ1) is 34.8. The van der Waals surface area contributed by atoms with Crippen LogP contribution in [0.2, 0.25) is 0 Å². The summed E-state index contributed by atoms with van der Waals surface area (Å²) in [5.74, 6) is 0. The van der Waals surface area contributed by atoms with Crippen molar-refractivity contribution in [2.24, 2.45) is 0 Å². The average molecular weight is 732 g/mol. The van der Waals surface area contributed by atoms with Crippen molar-refractivity contribution >= 4 is 40.0 Å². The summed E-state index contributed by atoms with van der Waals surface area (Å²) in [6, 6.07) is 60.6. The van der Waals surface area contributed by atoms with Gasteiger partial charge in [-0.25, -0.2) is 0 Å². The molecule has 0 unspecified atom stereocenters. The molecule has 1 nitrogen and oxygen atoms in total. The van der Waals surface area contributed by atoms with Gasteiger partial charge in [-0.1, -0.05) is 168 Å². The van der Waals surface area contributed by atoms with Crippen molar-refractivity contribution < 1.29 is 0 Å². The molecule has 8 aromatic rings. The van der Waals surface area contributed by atoms with Gasteiger partial charge < -0.3 is 4.90 Å². The molecule has 0 aromatic heterocycles. The van der Waals surface area contributed by atoms with Crippen molar-refractivity contribution in [3.05, 3.63) is 210 Å². The van der Waals surface area contributed by atoms with Gasteiger partial charge in [-0.15, -0.1) is 0 Å². The maximum absolute atomic E-state index is 4.11. The third kappa shape index (κ3) is 5.30. The van der Waals surface area contributed by atoms with Gasteiger partial charge in [0.2, 0.25) is 0 Å². The van der Waals surface area contributed by atoms with E-state index in [2.05, 4.69) is 210 Å². The van der Waals surface area contributed by atoms with Crippen LogP contribution in [0.5, 0.6) is 0 Å². The van der Waals surface area contributed by atoms with Crippen molar-refractivity contribution in [3.63, 3.8) is 0 Å². The molecule has 0 heterocycles. The SMILES string of the molecule is C=Cc1ccc(N(c2ccc(-c3ccccc3)cc2)c2ccc(-c3cccc4c3-c3cc5c(cc3C4(C)C)-c3cccc4cccc(c34)C5(C)C)cc2)cc1C=C. The molecule has 8 aromatic carbocycles. The number of anilines is 3. The molecule has 57 heavy (non-hydrogen) atoms. The largest absolute Gasteiger partial charge is 0.310 e. The minimum absolute atomic E-state index is 0.139.